The minimum absolute atomic E-state index is 0.510. The van der Waals surface area contributed by atoms with Gasteiger partial charge in [0.1, 0.15) is 0 Å². The van der Waals surface area contributed by atoms with Crippen LogP contribution in [0, 0.1) is 11.8 Å². The van der Waals surface area contributed by atoms with Gasteiger partial charge in [-0.2, -0.15) is 0 Å². The quantitative estimate of drug-likeness (QED) is 0.740. The molecule has 3 atom stereocenters. The van der Waals surface area contributed by atoms with E-state index in [0.29, 0.717) is 12.1 Å². The van der Waals surface area contributed by atoms with E-state index >= 15 is 0 Å². The Hall–Kier alpha value is -0.340. The zero-order chi connectivity index (χ0) is 11.4. The van der Waals surface area contributed by atoms with Crippen molar-refractivity contribution >= 4 is 0 Å². The van der Waals surface area contributed by atoms with Gasteiger partial charge in [0.2, 0.25) is 0 Å². The van der Waals surface area contributed by atoms with Gasteiger partial charge in [0.05, 0.1) is 6.10 Å². The van der Waals surface area contributed by atoms with E-state index in [2.05, 4.69) is 31.3 Å². The van der Waals surface area contributed by atoms with Crippen LogP contribution in [0.15, 0.2) is 12.2 Å². The van der Waals surface area contributed by atoms with Gasteiger partial charge >= 0.3 is 0 Å². The van der Waals surface area contributed by atoms with Gasteiger partial charge in [-0.05, 0) is 31.6 Å². The Balaban J connectivity index is 1.84. The van der Waals surface area contributed by atoms with Crippen molar-refractivity contribution in [2.45, 2.75) is 51.7 Å². The molecule has 0 aromatic rings. The average Bonchev–Trinajstić information content (AvgIpc) is 2.75. The van der Waals surface area contributed by atoms with Crippen LogP contribution in [-0.4, -0.2) is 25.3 Å². The summed E-state index contributed by atoms with van der Waals surface area (Å²) in [5, 5.41) is 3.56. The highest BCUT2D eigenvalue weighted by molar-refractivity contribution is 4.95. The van der Waals surface area contributed by atoms with Gasteiger partial charge in [-0.15, -0.1) is 0 Å². The van der Waals surface area contributed by atoms with Gasteiger partial charge in [-0.3, -0.25) is 0 Å². The number of hydrogen-bond acceptors (Lipinski definition) is 2. The molecule has 1 aliphatic carbocycles. The first-order valence-electron chi connectivity index (χ1n) is 6.77. The molecule has 2 aliphatic rings. The molecule has 2 nitrogen and oxygen atoms in total. The lowest BCUT2D eigenvalue weighted by Crippen LogP contribution is -2.36. The number of allylic oxidation sites excluding steroid dienone is 2. The van der Waals surface area contributed by atoms with Crippen LogP contribution >= 0.6 is 0 Å². The van der Waals surface area contributed by atoms with Gasteiger partial charge in [0.25, 0.3) is 0 Å². The number of ether oxygens (including phenoxy) is 1. The molecule has 0 amide bonds. The van der Waals surface area contributed by atoms with E-state index in [0.717, 1.165) is 25.0 Å². The fourth-order valence-electron chi connectivity index (χ4n) is 2.90. The molecule has 92 valence electrons. The highest BCUT2D eigenvalue weighted by Gasteiger charge is 2.34. The molecule has 1 fully saturated rings. The third-order valence-corrected chi connectivity index (χ3v) is 3.83. The summed E-state index contributed by atoms with van der Waals surface area (Å²) < 4.78 is 5.96. The molecule has 0 radical (unpaired) electrons. The van der Waals surface area contributed by atoms with E-state index in [-0.39, 0.29) is 0 Å². The topological polar surface area (TPSA) is 21.3 Å². The third-order valence-electron chi connectivity index (χ3n) is 3.83. The van der Waals surface area contributed by atoms with E-state index in [9.17, 15) is 0 Å². The lowest BCUT2D eigenvalue weighted by Gasteiger charge is -2.29. The van der Waals surface area contributed by atoms with E-state index in [1.807, 2.05) is 0 Å². The van der Waals surface area contributed by atoms with Crippen molar-refractivity contribution in [2.24, 2.45) is 11.8 Å². The summed E-state index contributed by atoms with van der Waals surface area (Å²) in [6.07, 6.45) is 10.2. The number of rotatable bonds is 4. The maximum Gasteiger partial charge on any atom is 0.0647 e. The van der Waals surface area contributed by atoms with Crippen LogP contribution in [0.25, 0.3) is 0 Å². The van der Waals surface area contributed by atoms with Gasteiger partial charge in [-0.25, -0.2) is 0 Å². The van der Waals surface area contributed by atoms with Crippen molar-refractivity contribution in [1.29, 1.82) is 0 Å². The smallest absolute Gasteiger partial charge is 0.0647 e. The minimum atomic E-state index is 0.510. The molecule has 1 aliphatic heterocycles. The molecule has 2 heteroatoms. The first-order valence-corrected chi connectivity index (χ1v) is 6.77. The largest absolute Gasteiger partial charge is 0.378 e. The van der Waals surface area contributed by atoms with Gasteiger partial charge in [0, 0.05) is 25.1 Å². The lowest BCUT2D eigenvalue weighted by atomic mass is 9.83. The Morgan fingerprint density at radius 2 is 2.19 bits per heavy atom. The maximum atomic E-state index is 5.96. The Kier molecular flexibility index (Phi) is 4.42. The first-order chi connectivity index (χ1) is 7.77. The molecule has 0 saturated carbocycles. The van der Waals surface area contributed by atoms with Crippen molar-refractivity contribution in [2.75, 3.05) is 13.2 Å². The van der Waals surface area contributed by atoms with Crippen LogP contribution < -0.4 is 5.32 Å². The van der Waals surface area contributed by atoms with Crippen LogP contribution in [0.5, 0.6) is 0 Å². The van der Waals surface area contributed by atoms with Crippen LogP contribution in [-0.2, 0) is 4.74 Å². The normalized spacial score (nSPS) is 34.8. The molecular weight excluding hydrogens is 198 g/mol. The molecular formula is C14H25NO. The zero-order valence-electron chi connectivity index (χ0n) is 10.6. The second-order valence-corrected chi connectivity index (χ2v) is 5.49. The predicted octanol–water partition coefficient (Wildman–Crippen LogP) is 2.75. The van der Waals surface area contributed by atoms with Crippen molar-refractivity contribution in [3.05, 3.63) is 12.2 Å². The molecule has 1 saturated heterocycles. The first kappa shape index (κ1) is 12.1. The van der Waals surface area contributed by atoms with E-state index in [1.54, 1.807) is 0 Å². The standard InChI is InChI=1S/C14H25NO/c1-11(2)15-10-13-8-9-16-14(13)12-6-4-3-5-7-12/h3-4,11-15H,5-10H2,1-2H3. The van der Waals surface area contributed by atoms with Gasteiger partial charge < -0.3 is 10.1 Å². The number of nitrogens with one attached hydrogen (secondary N) is 1. The Labute approximate surface area is 99.4 Å². The molecule has 2 rings (SSSR count). The van der Waals surface area contributed by atoms with Crippen molar-refractivity contribution in [3.8, 4) is 0 Å². The average molecular weight is 223 g/mol. The van der Waals surface area contributed by atoms with Crippen molar-refractivity contribution in [3.63, 3.8) is 0 Å². The molecule has 3 unspecified atom stereocenters. The third kappa shape index (κ3) is 3.08. The molecule has 0 bridgehead atoms. The fraction of sp³-hybridized carbons (Fsp3) is 0.857. The second-order valence-electron chi connectivity index (χ2n) is 5.49. The highest BCUT2D eigenvalue weighted by atomic mass is 16.5. The fourth-order valence-corrected chi connectivity index (χ4v) is 2.90. The minimum Gasteiger partial charge on any atom is -0.378 e. The van der Waals surface area contributed by atoms with Crippen LogP contribution in [0.2, 0.25) is 0 Å². The molecule has 0 spiro atoms. The van der Waals surface area contributed by atoms with Crippen molar-refractivity contribution < 1.29 is 4.74 Å². The summed E-state index contributed by atoms with van der Waals surface area (Å²) in [7, 11) is 0. The summed E-state index contributed by atoms with van der Waals surface area (Å²) in [6, 6.07) is 0.590. The SMILES string of the molecule is CC(C)NCC1CCOC1C1CC=CCC1. The lowest BCUT2D eigenvalue weighted by molar-refractivity contribution is 0.0375. The van der Waals surface area contributed by atoms with Crippen LogP contribution in [0.1, 0.15) is 39.5 Å². The summed E-state index contributed by atoms with van der Waals surface area (Å²) in [6.45, 7) is 6.53. The van der Waals surface area contributed by atoms with Gasteiger partial charge in [0.15, 0.2) is 0 Å². The maximum absolute atomic E-state index is 5.96. The Morgan fingerprint density at radius 1 is 1.31 bits per heavy atom. The van der Waals surface area contributed by atoms with Crippen molar-refractivity contribution in [1.82, 2.24) is 5.32 Å². The summed E-state index contributed by atoms with van der Waals surface area (Å²) >= 11 is 0. The highest BCUT2D eigenvalue weighted by Crippen LogP contribution is 2.33. The summed E-state index contributed by atoms with van der Waals surface area (Å²) in [5.74, 6) is 1.50. The van der Waals surface area contributed by atoms with E-state index < -0.39 is 0 Å². The molecule has 16 heavy (non-hydrogen) atoms. The molecule has 0 aromatic heterocycles. The molecule has 0 aromatic carbocycles. The Bertz CT molecular complexity index is 237. The monoisotopic (exact) mass is 223 g/mol. The summed E-state index contributed by atoms with van der Waals surface area (Å²) in [4.78, 5) is 0. The summed E-state index contributed by atoms with van der Waals surface area (Å²) in [5.41, 5.74) is 0. The molecule has 1 N–H and O–H groups in total. The number of hydrogen-bond donors (Lipinski definition) is 1. The molecule has 1 heterocycles. The second kappa shape index (κ2) is 5.83. The van der Waals surface area contributed by atoms with E-state index in [4.69, 9.17) is 4.74 Å². The van der Waals surface area contributed by atoms with E-state index in [1.165, 1.54) is 25.7 Å². The van der Waals surface area contributed by atoms with Crippen LogP contribution in [0.4, 0.5) is 0 Å². The van der Waals surface area contributed by atoms with Crippen LogP contribution in [0.3, 0.4) is 0 Å². The predicted molar refractivity (Wildman–Crippen MR) is 67.5 cm³/mol. The van der Waals surface area contributed by atoms with Gasteiger partial charge in [-0.1, -0.05) is 26.0 Å². The Morgan fingerprint density at radius 3 is 2.88 bits per heavy atom. The zero-order valence-corrected chi connectivity index (χ0v) is 10.6.